The third-order valence-corrected chi connectivity index (χ3v) is 4.15. The van der Waals surface area contributed by atoms with E-state index in [0.717, 1.165) is 34.9 Å². The highest BCUT2D eigenvalue weighted by atomic mass is 79.9. The molecule has 1 aliphatic carbocycles. The molecule has 3 aliphatic rings. The number of fused-ring (bicyclic) bond motifs is 1. The van der Waals surface area contributed by atoms with Crippen molar-refractivity contribution in [2.75, 3.05) is 31.1 Å². The molecule has 0 spiro atoms. The molecule has 0 atom stereocenters. The summed E-state index contributed by atoms with van der Waals surface area (Å²) in [5.41, 5.74) is 1.75. The normalized spacial score (nSPS) is 15.7. The molecule has 0 aromatic heterocycles. The zero-order valence-electron chi connectivity index (χ0n) is 10.7. The zero-order valence-corrected chi connectivity index (χ0v) is 13.1. The summed E-state index contributed by atoms with van der Waals surface area (Å²) in [6, 6.07) is 7.81. The van der Waals surface area contributed by atoms with Gasteiger partial charge in [0.1, 0.15) is 0 Å². The van der Waals surface area contributed by atoms with Crippen molar-refractivity contribution in [2.45, 2.75) is 0 Å². The average molecular weight is 353 g/mol. The summed E-state index contributed by atoms with van der Waals surface area (Å²) < 4.78 is 1.000. The first-order chi connectivity index (χ1) is 9.63. The van der Waals surface area contributed by atoms with Crippen molar-refractivity contribution in [3.8, 4) is 11.4 Å². The van der Waals surface area contributed by atoms with Gasteiger partial charge in [0.15, 0.2) is 0 Å². The molecule has 1 saturated heterocycles. The number of amides is 1. The van der Waals surface area contributed by atoms with Gasteiger partial charge in [0.2, 0.25) is 5.95 Å². The van der Waals surface area contributed by atoms with Gasteiger partial charge in [0.25, 0.3) is 5.24 Å². The standard InChI is InChI=1S/C13H13BrN4OS/c14-9-1-3-10-11(4-2-9)16-12(15-10)17-5-7-18(8-6-17)13(19)20/h1-4H,5-8H2,(H,19,20). The van der Waals surface area contributed by atoms with E-state index >= 15 is 0 Å². The SMILES string of the molecule is O=C(S)N1CCN(c2nc3ccc(Br)ccc-3n2)CC1. The molecule has 104 valence electrons. The number of piperazine rings is 1. The Labute approximate surface area is 130 Å². The summed E-state index contributed by atoms with van der Waals surface area (Å²) >= 11 is 7.28. The molecule has 3 rings (SSSR count). The molecule has 7 heteroatoms. The zero-order chi connectivity index (χ0) is 14.1. The van der Waals surface area contributed by atoms with Gasteiger partial charge in [-0.05, 0) is 24.3 Å². The number of anilines is 1. The lowest BCUT2D eigenvalue weighted by Gasteiger charge is -2.33. The molecule has 5 nitrogen and oxygen atoms in total. The first-order valence-electron chi connectivity index (χ1n) is 6.29. The highest BCUT2D eigenvalue weighted by Crippen LogP contribution is 2.24. The molecule has 0 aromatic rings. The van der Waals surface area contributed by atoms with E-state index in [4.69, 9.17) is 0 Å². The summed E-state index contributed by atoms with van der Waals surface area (Å²) in [5, 5.41) is -0.171. The van der Waals surface area contributed by atoms with Crippen molar-refractivity contribution < 1.29 is 4.79 Å². The van der Waals surface area contributed by atoms with Crippen LogP contribution in [0.4, 0.5) is 10.7 Å². The lowest BCUT2D eigenvalue weighted by atomic mass is 10.3. The van der Waals surface area contributed by atoms with Gasteiger partial charge in [0.05, 0.1) is 11.4 Å². The molecule has 0 aromatic carbocycles. The maximum absolute atomic E-state index is 11.2. The maximum atomic E-state index is 11.2. The fraction of sp³-hybridized carbons (Fsp3) is 0.308. The minimum Gasteiger partial charge on any atom is -0.337 e. The Kier molecular flexibility index (Phi) is 3.80. The largest absolute Gasteiger partial charge is 0.337 e. The van der Waals surface area contributed by atoms with Gasteiger partial charge in [-0.25, -0.2) is 9.97 Å². The lowest BCUT2D eigenvalue weighted by molar-refractivity contribution is 0.219. The number of aromatic nitrogens is 2. The van der Waals surface area contributed by atoms with Gasteiger partial charge >= 0.3 is 0 Å². The number of imidazole rings is 1. The number of hydrogen-bond donors (Lipinski definition) is 1. The third kappa shape index (κ3) is 2.73. The summed E-state index contributed by atoms with van der Waals surface area (Å²) in [4.78, 5) is 24.1. The van der Waals surface area contributed by atoms with E-state index < -0.39 is 0 Å². The minimum absolute atomic E-state index is 0.171. The van der Waals surface area contributed by atoms with E-state index in [1.54, 1.807) is 4.90 Å². The predicted octanol–water partition coefficient (Wildman–Crippen LogP) is 2.52. The molecule has 2 aliphatic heterocycles. The highest BCUT2D eigenvalue weighted by molar-refractivity contribution is 9.10. The van der Waals surface area contributed by atoms with Crippen molar-refractivity contribution >= 4 is 39.7 Å². The van der Waals surface area contributed by atoms with Crippen LogP contribution in [-0.2, 0) is 0 Å². The van der Waals surface area contributed by atoms with Crippen molar-refractivity contribution in [1.82, 2.24) is 14.9 Å². The molecule has 20 heavy (non-hydrogen) atoms. The van der Waals surface area contributed by atoms with E-state index in [0.29, 0.717) is 13.1 Å². The predicted molar refractivity (Wildman–Crippen MR) is 84.5 cm³/mol. The average Bonchev–Trinajstić information content (AvgIpc) is 2.78. The Morgan fingerprint density at radius 1 is 1.05 bits per heavy atom. The summed E-state index contributed by atoms with van der Waals surface area (Å²) in [6.07, 6.45) is 0. The van der Waals surface area contributed by atoms with Crippen LogP contribution in [-0.4, -0.2) is 46.3 Å². The molecule has 0 N–H and O–H groups in total. The second-order valence-corrected chi connectivity index (χ2v) is 5.90. The second kappa shape index (κ2) is 5.57. The van der Waals surface area contributed by atoms with E-state index in [-0.39, 0.29) is 5.24 Å². The number of halogens is 1. The van der Waals surface area contributed by atoms with Gasteiger partial charge in [-0.1, -0.05) is 28.6 Å². The van der Waals surface area contributed by atoms with E-state index in [9.17, 15) is 4.79 Å². The smallest absolute Gasteiger partial charge is 0.278 e. The first-order valence-corrected chi connectivity index (χ1v) is 7.53. The van der Waals surface area contributed by atoms with Crippen molar-refractivity contribution in [3.05, 3.63) is 28.7 Å². The fourth-order valence-electron chi connectivity index (χ4n) is 2.21. The summed E-state index contributed by atoms with van der Waals surface area (Å²) in [6.45, 7) is 2.79. The number of carbonyl (C=O) groups excluding carboxylic acids is 1. The maximum Gasteiger partial charge on any atom is 0.278 e. The van der Waals surface area contributed by atoms with Crippen LogP contribution < -0.4 is 4.90 Å². The topological polar surface area (TPSA) is 49.3 Å². The lowest BCUT2D eigenvalue weighted by Crippen LogP contribution is -2.47. The molecule has 2 heterocycles. The summed E-state index contributed by atoms with van der Waals surface area (Å²) in [5.74, 6) is 0.730. The van der Waals surface area contributed by atoms with Crippen molar-refractivity contribution in [1.29, 1.82) is 0 Å². The van der Waals surface area contributed by atoms with Crippen LogP contribution in [0.1, 0.15) is 0 Å². The van der Waals surface area contributed by atoms with Crippen LogP contribution >= 0.6 is 28.6 Å². The molecule has 0 unspecified atom stereocenters. The van der Waals surface area contributed by atoms with Gasteiger partial charge in [-0.15, -0.1) is 0 Å². The van der Waals surface area contributed by atoms with E-state index in [1.165, 1.54) is 0 Å². The van der Waals surface area contributed by atoms with Crippen molar-refractivity contribution in [3.63, 3.8) is 0 Å². The van der Waals surface area contributed by atoms with Crippen molar-refractivity contribution in [2.24, 2.45) is 0 Å². The summed E-state index contributed by atoms with van der Waals surface area (Å²) in [7, 11) is 0. The minimum atomic E-state index is -0.171. The van der Waals surface area contributed by atoms with E-state index in [2.05, 4.69) is 43.4 Å². The fourth-order valence-corrected chi connectivity index (χ4v) is 2.68. The van der Waals surface area contributed by atoms with Crippen LogP contribution in [0.2, 0.25) is 0 Å². The molecular formula is C13H13BrN4OS. The third-order valence-electron chi connectivity index (χ3n) is 3.34. The monoisotopic (exact) mass is 352 g/mol. The molecule has 1 amide bonds. The molecular weight excluding hydrogens is 340 g/mol. The molecule has 0 saturated carbocycles. The number of thiol groups is 1. The van der Waals surface area contributed by atoms with Crippen LogP contribution in [0.3, 0.4) is 0 Å². The van der Waals surface area contributed by atoms with Crippen LogP contribution in [0.5, 0.6) is 0 Å². The number of carbonyl (C=O) groups is 1. The van der Waals surface area contributed by atoms with E-state index in [1.807, 2.05) is 24.3 Å². The Bertz CT molecular complexity index is 582. The number of rotatable bonds is 1. The number of hydrogen-bond acceptors (Lipinski definition) is 4. The van der Waals surface area contributed by atoms with Crippen LogP contribution in [0.25, 0.3) is 11.4 Å². The second-order valence-electron chi connectivity index (χ2n) is 4.60. The molecule has 0 bridgehead atoms. The Balaban J connectivity index is 1.81. The number of nitrogens with zero attached hydrogens (tertiary/aromatic N) is 4. The van der Waals surface area contributed by atoms with Crippen LogP contribution in [0, 0.1) is 0 Å². The Morgan fingerprint density at radius 3 is 2.10 bits per heavy atom. The van der Waals surface area contributed by atoms with Gasteiger partial charge in [-0.2, -0.15) is 0 Å². The Hall–Kier alpha value is -1.34. The van der Waals surface area contributed by atoms with Gasteiger partial charge < -0.3 is 9.80 Å². The Morgan fingerprint density at radius 2 is 1.60 bits per heavy atom. The van der Waals surface area contributed by atoms with Gasteiger partial charge in [0, 0.05) is 30.7 Å². The molecule has 0 radical (unpaired) electrons. The first kappa shape index (κ1) is 13.6. The van der Waals surface area contributed by atoms with Crippen LogP contribution in [0.15, 0.2) is 28.7 Å². The molecule has 1 fully saturated rings. The quantitative estimate of drug-likeness (QED) is 0.801. The van der Waals surface area contributed by atoms with Gasteiger partial charge in [-0.3, -0.25) is 4.79 Å². The highest BCUT2D eigenvalue weighted by Gasteiger charge is 2.22.